The lowest BCUT2D eigenvalue weighted by molar-refractivity contribution is -0.166. The first-order valence-corrected chi connectivity index (χ1v) is 6.71. The Labute approximate surface area is 105 Å². The Kier molecular flexibility index (Phi) is 2.97. The minimum absolute atomic E-state index is 0.0462. The van der Waals surface area contributed by atoms with Gasteiger partial charge in [0.05, 0.1) is 0 Å². The van der Waals surface area contributed by atoms with E-state index in [1.54, 1.807) is 0 Å². The molecule has 17 heavy (non-hydrogen) atoms. The number of hydroxylamine groups is 2. The van der Waals surface area contributed by atoms with Gasteiger partial charge in [0.15, 0.2) is 0 Å². The van der Waals surface area contributed by atoms with Gasteiger partial charge in [0, 0.05) is 24.0 Å². The van der Waals surface area contributed by atoms with Gasteiger partial charge in [-0.3, -0.25) is 4.84 Å². The molecular formula is C14H15NOS. The third-order valence-corrected chi connectivity index (χ3v) is 4.10. The van der Waals surface area contributed by atoms with Crippen LogP contribution < -0.4 is 0 Å². The summed E-state index contributed by atoms with van der Waals surface area (Å²) in [4.78, 5) is 7.47. The predicted molar refractivity (Wildman–Crippen MR) is 70.0 cm³/mol. The molecule has 0 radical (unpaired) electrons. The minimum Gasteiger partial charge on any atom is -0.286 e. The van der Waals surface area contributed by atoms with Crippen LogP contribution in [0.25, 0.3) is 0 Å². The van der Waals surface area contributed by atoms with E-state index < -0.39 is 0 Å². The number of hydrogen-bond donors (Lipinski definition) is 0. The van der Waals surface area contributed by atoms with Crippen molar-refractivity contribution in [1.29, 1.82) is 0 Å². The van der Waals surface area contributed by atoms with Crippen molar-refractivity contribution >= 4 is 11.3 Å². The van der Waals surface area contributed by atoms with E-state index in [0.29, 0.717) is 0 Å². The molecule has 0 bridgehead atoms. The van der Waals surface area contributed by atoms with Crippen molar-refractivity contribution in [2.75, 3.05) is 13.6 Å². The second-order valence-electron chi connectivity index (χ2n) is 4.30. The molecule has 3 rings (SSSR count). The van der Waals surface area contributed by atoms with E-state index in [2.05, 4.69) is 35.7 Å². The molecule has 1 aromatic carbocycles. The normalized spacial score (nSPS) is 20.9. The van der Waals surface area contributed by atoms with Crippen LogP contribution in [0.3, 0.4) is 0 Å². The van der Waals surface area contributed by atoms with Crippen LogP contribution in [0.2, 0.25) is 0 Å². The molecule has 0 spiro atoms. The molecule has 1 aliphatic rings. The maximum atomic E-state index is 6.02. The fraction of sp³-hybridized carbons (Fsp3) is 0.286. The van der Waals surface area contributed by atoms with Crippen molar-refractivity contribution in [2.45, 2.75) is 12.5 Å². The largest absolute Gasteiger partial charge is 0.286 e. The molecule has 0 unspecified atom stereocenters. The van der Waals surface area contributed by atoms with Gasteiger partial charge < -0.3 is 0 Å². The summed E-state index contributed by atoms with van der Waals surface area (Å²) in [5, 5.41) is 4.11. The van der Waals surface area contributed by atoms with Gasteiger partial charge in [-0.25, -0.2) is 0 Å². The molecule has 88 valence electrons. The topological polar surface area (TPSA) is 12.5 Å². The van der Waals surface area contributed by atoms with E-state index in [1.807, 2.05) is 29.5 Å². The van der Waals surface area contributed by atoms with Crippen LogP contribution in [0.4, 0.5) is 0 Å². The Morgan fingerprint density at radius 2 is 2.06 bits per heavy atom. The van der Waals surface area contributed by atoms with E-state index in [1.165, 1.54) is 16.0 Å². The quantitative estimate of drug-likeness (QED) is 0.764. The van der Waals surface area contributed by atoms with Crippen LogP contribution >= 0.6 is 11.3 Å². The lowest BCUT2D eigenvalue weighted by Crippen LogP contribution is -2.21. The van der Waals surface area contributed by atoms with Crippen LogP contribution in [0.5, 0.6) is 0 Å². The van der Waals surface area contributed by atoms with Crippen LogP contribution in [0, 0.1) is 0 Å². The van der Waals surface area contributed by atoms with Crippen molar-refractivity contribution in [3.05, 3.63) is 57.8 Å². The Hall–Kier alpha value is -1.16. The van der Waals surface area contributed by atoms with Gasteiger partial charge in [0.1, 0.15) is 6.10 Å². The van der Waals surface area contributed by atoms with Gasteiger partial charge in [-0.15, -0.1) is 11.3 Å². The number of thiophene rings is 1. The second kappa shape index (κ2) is 4.61. The van der Waals surface area contributed by atoms with Crippen LogP contribution in [-0.4, -0.2) is 18.7 Å². The molecule has 2 nitrogen and oxygen atoms in total. The van der Waals surface area contributed by atoms with Crippen LogP contribution in [0.15, 0.2) is 41.8 Å². The molecule has 0 saturated heterocycles. The van der Waals surface area contributed by atoms with E-state index in [4.69, 9.17) is 4.84 Å². The maximum absolute atomic E-state index is 6.02. The lowest BCUT2D eigenvalue weighted by Gasteiger charge is -2.21. The fourth-order valence-electron chi connectivity index (χ4n) is 2.20. The Balaban J connectivity index is 2.03. The van der Waals surface area contributed by atoms with E-state index in [9.17, 15) is 0 Å². The Bertz CT molecular complexity index is 494. The molecule has 0 aliphatic carbocycles. The zero-order valence-electron chi connectivity index (χ0n) is 9.80. The number of benzene rings is 1. The summed E-state index contributed by atoms with van der Waals surface area (Å²) in [5.74, 6) is 0. The van der Waals surface area contributed by atoms with Gasteiger partial charge in [0.25, 0.3) is 0 Å². The lowest BCUT2D eigenvalue weighted by atomic mass is 10.0. The summed E-state index contributed by atoms with van der Waals surface area (Å²) in [6.45, 7) is 0.955. The molecule has 0 fully saturated rings. The highest BCUT2D eigenvalue weighted by Crippen LogP contribution is 2.34. The first-order valence-electron chi connectivity index (χ1n) is 5.84. The molecule has 3 heteroatoms. The third kappa shape index (κ3) is 2.14. The van der Waals surface area contributed by atoms with Crippen molar-refractivity contribution in [1.82, 2.24) is 5.06 Å². The summed E-state index contributed by atoms with van der Waals surface area (Å²) in [6.07, 6.45) is 1.12. The first-order chi connectivity index (χ1) is 8.34. The van der Waals surface area contributed by atoms with Gasteiger partial charge in [-0.1, -0.05) is 30.3 Å². The molecule has 0 amide bonds. The first kappa shape index (κ1) is 11.0. The summed E-state index contributed by atoms with van der Waals surface area (Å²) < 4.78 is 0. The van der Waals surface area contributed by atoms with Crippen LogP contribution in [0.1, 0.15) is 22.1 Å². The van der Waals surface area contributed by atoms with Gasteiger partial charge in [-0.2, -0.15) is 5.06 Å². The van der Waals surface area contributed by atoms with E-state index in [-0.39, 0.29) is 6.10 Å². The smallest absolute Gasteiger partial charge is 0.130 e. The number of fused-ring (bicyclic) bond motifs is 1. The molecule has 1 aromatic heterocycles. The molecule has 0 saturated carbocycles. The summed E-state index contributed by atoms with van der Waals surface area (Å²) in [7, 11) is 2.01. The highest BCUT2D eigenvalue weighted by atomic mass is 32.1. The zero-order chi connectivity index (χ0) is 11.7. The van der Waals surface area contributed by atoms with Crippen molar-refractivity contribution in [3.8, 4) is 0 Å². The monoisotopic (exact) mass is 245 g/mol. The molecular weight excluding hydrogens is 230 g/mol. The van der Waals surface area contributed by atoms with Gasteiger partial charge in [-0.05, 0) is 23.4 Å². The Morgan fingerprint density at radius 3 is 2.88 bits per heavy atom. The second-order valence-corrected chi connectivity index (χ2v) is 5.30. The van der Waals surface area contributed by atoms with Gasteiger partial charge in [0.2, 0.25) is 0 Å². The van der Waals surface area contributed by atoms with Crippen molar-refractivity contribution < 1.29 is 4.84 Å². The highest BCUT2D eigenvalue weighted by Gasteiger charge is 2.24. The van der Waals surface area contributed by atoms with Crippen molar-refractivity contribution in [3.63, 3.8) is 0 Å². The standard InChI is InChI=1S/C14H15NOS/c1-15-9-7-13-12(8-10-17-13)14(16-15)11-5-3-2-4-6-11/h2-6,8,10,14H,7,9H2,1H3/t14-/m0/s1. The molecule has 1 aliphatic heterocycles. The summed E-state index contributed by atoms with van der Waals surface area (Å²) in [5.41, 5.74) is 2.55. The number of nitrogens with zero attached hydrogens (tertiary/aromatic N) is 1. The number of likely N-dealkylation sites (N-methyl/N-ethyl adjacent to an activating group) is 1. The predicted octanol–water partition coefficient (Wildman–Crippen LogP) is 3.26. The molecule has 2 heterocycles. The highest BCUT2D eigenvalue weighted by molar-refractivity contribution is 7.10. The summed E-state index contributed by atoms with van der Waals surface area (Å²) >= 11 is 1.83. The number of hydrogen-bond acceptors (Lipinski definition) is 3. The van der Waals surface area contributed by atoms with Crippen LogP contribution in [-0.2, 0) is 11.3 Å². The van der Waals surface area contributed by atoms with Crippen molar-refractivity contribution in [2.24, 2.45) is 0 Å². The fourth-order valence-corrected chi connectivity index (χ4v) is 3.10. The SMILES string of the molecule is CN1CCc2sccc2[C@H](c2ccccc2)O1. The molecule has 2 aromatic rings. The average Bonchev–Trinajstić information content (AvgIpc) is 2.77. The third-order valence-electron chi connectivity index (χ3n) is 3.10. The maximum Gasteiger partial charge on any atom is 0.130 e. The molecule has 0 N–H and O–H groups in total. The van der Waals surface area contributed by atoms with Gasteiger partial charge >= 0.3 is 0 Å². The van der Waals surface area contributed by atoms with E-state index in [0.717, 1.165) is 13.0 Å². The average molecular weight is 245 g/mol. The Morgan fingerprint density at radius 1 is 1.24 bits per heavy atom. The number of rotatable bonds is 1. The minimum atomic E-state index is 0.0462. The molecule has 1 atom stereocenters. The summed E-state index contributed by atoms with van der Waals surface area (Å²) in [6, 6.07) is 12.6. The zero-order valence-corrected chi connectivity index (χ0v) is 10.6. The van der Waals surface area contributed by atoms with E-state index >= 15 is 0 Å².